The van der Waals surface area contributed by atoms with Gasteiger partial charge in [0, 0.05) is 13.1 Å². The van der Waals surface area contributed by atoms with Crippen LogP contribution in [0.25, 0.3) is 0 Å². The number of nitrogens with two attached hydrogens (primary N) is 1. The smallest absolute Gasteiger partial charge is 0.120 e. The highest BCUT2D eigenvalue weighted by Crippen LogP contribution is 2.07. The maximum absolute atomic E-state index is 5.66. The van der Waals surface area contributed by atoms with Crippen molar-refractivity contribution in [2.24, 2.45) is 10.7 Å². The number of rotatable bonds is 1. The van der Waals surface area contributed by atoms with Crippen LogP contribution in [-0.4, -0.2) is 25.5 Å². The first-order chi connectivity index (χ1) is 5.24. The standard InChI is InChI=1S/C8H15N3/c1-6-5-7(3-4-11-6)8(9)10-2/h5-6,11H,3-4H2,1-2H3,(H2,9,10). The monoisotopic (exact) mass is 153 g/mol. The van der Waals surface area contributed by atoms with Crippen LogP contribution in [0.4, 0.5) is 0 Å². The minimum Gasteiger partial charge on any atom is -0.384 e. The molecule has 62 valence electrons. The number of hydrogen-bond acceptors (Lipinski definition) is 2. The summed E-state index contributed by atoms with van der Waals surface area (Å²) in [6, 6.07) is 0.430. The molecule has 0 saturated heterocycles. The number of hydrogen-bond donors (Lipinski definition) is 2. The Bertz CT molecular complexity index is 194. The third kappa shape index (κ3) is 2.05. The highest BCUT2D eigenvalue weighted by molar-refractivity contribution is 5.97. The van der Waals surface area contributed by atoms with Crippen molar-refractivity contribution < 1.29 is 0 Å². The number of nitrogens with zero attached hydrogens (tertiary/aromatic N) is 1. The molecule has 1 aliphatic rings. The quantitative estimate of drug-likeness (QED) is 0.420. The highest BCUT2D eigenvalue weighted by atomic mass is 14.9. The maximum Gasteiger partial charge on any atom is 0.120 e. The second-order valence-electron chi connectivity index (χ2n) is 2.79. The van der Waals surface area contributed by atoms with Gasteiger partial charge in [-0.15, -0.1) is 0 Å². The molecule has 11 heavy (non-hydrogen) atoms. The summed E-state index contributed by atoms with van der Waals surface area (Å²) in [5.74, 6) is 0.679. The Kier molecular flexibility index (Phi) is 2.65. The molecule has 0 aliphatic carbocycles. The molecule has 0 radical (unpaired) electrons. The van der Waals surface area contributed by atoms with E-state index in [9.17, 15) is 0 Å². The molecule has 1 atom stereocenters. The molecule has 0 aromatic heterocycles. The Morgan fingerprint density at radius 1 is 1.82 bits per heavy atom. The van der Waals surface area contributed by atoms with Gasteiger partial charge in [0.25, 0.3) is 0 Å². The van der Waals surface area contributed by atoms with E-state index in [1.54, 1.807) is 7.05 Å². The third-order valence-electron chi connectivity index (χ3n) is 1.88. The van der Waals surface area contributed by atoms with Crippen molar-refractivity contribution in [3.63, 3.8) is 0 Å². The molecule has 3 nitrogen and oxygen atoms in total. The lowest BCUT2D eigenvalue weighted by Gasteiger charge is -2.18. The normalized spacial score (nSPS) is 26.5. The van der Waals surface area contributed by atoms with Crippen LogP contribution in [0.1, 0.15) is 13.3 Å². The van der Waals surface area contributed by atoms with Gasteiger partial charge in [-0.3, -0.25) is 4.99 Å². The minimum absolute atomic E-state index is 0.430. The second-order valence-corrected chi connectivity index (χ2v) is 2.79. The van der Waals surface area contributed by atoms with E-state index in [-0.39, 0.29) is 0 Å². The van der Waals surface area contributed by atoms with Crippen molar-refractivity contribution in [1.82, 2.24) is 5.32 Å². The first-order valence-electron chi connectivity index (χ1n) is 3.90. The largest absolute Gasteiger partial charge is 0.384 e. The van der Waals surface area contributed by atoms with Crippen molar-refractivity contribution >= 4 is 5.84 Å². The van der Waals surface area contributed by atoms with Crippen LogP contribution in [-0.2, 0) is 0 Å². The van der Waals surface area contributed by atoms with E-state index in [0.717, 1.165) is 13.0 Å². The lowest BCUT2D eigenvalue weighted by molar-refractivity contribution is 0.605. The van der Waals surface area contributed by atoms with Gasteiger partial charge in [0.1, 0.15) is 5.84 Å². The number of nitrogens with one attached hydrogen (secondary N) is 1. The van der Waals surface area contributed by atoms with Gasteiger partial charge < -0.3 is 11.1 Å². The van der Waals surface area contributed by atoms with Crippen molar-refractivity contribution in [1.29, 1.82) is 0 Å². The Morgan fingerprint density at radius 3 is 3.09 bits per heavy atom. The lowest BCUT2D eigenvalue weighted by Crippen LogP contribution is -2.32. The van der Waals surface area contributed by atoms with Gasteiger partial charge in [-0.05, 0) is 25.5 Å². The summed E-state index contributed by atoms with van der Waals surface area (Å²) >= 11 is 0. The van der Waals surface area contributed by atoms with Crippen molar-refractivity contribution in [2.75, 3.05) is 13.6 Å². The molecule has 1 aliphatic heterocycles. The fraction of sp³-hybridized carbons (Fsp3) is 0.625. The summed E-state index contributed by atoms with van der Waals surface area (Å²) in [4.78, 5) is 3.94. The Hall–Kier alpha value is -0.830. The summed E-state index contributed by atoms with van der Waals surface area (Å²) in [6.45, 7) is 3.12. The van der Waals surface area contributed by atoms with Crippen LogP contribution in [0, 0.1) is 0 Å². The zero-order valence-electron chi connectivity index (χ0n) is 7.09. The number of aliphatic imine (C=N–C) groups is 1. The summed E-state index contributed by atoms with van der Waals surface area (Å²) in [7, 11) is 1.73. The van der Waals surface area contributed by atoms with Gasteiger partial charge in [-0.1, -0.05) is 6.08 Å². The molecule has 0 aromatic rings. The Morgan fingerprint density at radius 2 is 2.55 bits per heavy atom. The summed E-state index contributed by atoms with van der Waals surface area (Å²) in [6.07, 6.45) is 3.12. The van der Waals surface area contributed by atoms with Gasteiger partial charge in [0.2, 0.25) is 0 Å². The summed E-state index contributed by atoms with van der Waals surface area (Å²) in [5, 5.41) is 3.30. The van der Waals surface area contributed by atoms with Crippen molar-refractivity contribution in [2.45, 2.75) is 19.4 Å². The van der Waals surface area contributed by atoms with Gasteiger partial charge in [-0.2, -0.15) is 0 Å². The SMILES string of the molecule is CN=C(N)C1=CC(C)NCC1. The molecule has 0 saturated carbocycles. The van der Waals surface area contributed by atoms with Crippen LogP contribution < -0.4 is 11.1 Å². The van der Waals surface area contributed by atoms with E-state index in [1.807, 2.05) is 0 Å². The molecule has 1 rings (SSSR count). The zero-order chi connectivity index (χ0) is 8.27. The molecular weight excluding hydrogens is 138 g/mol. The molecule has 0 spiro atoms. The third-order valence-corrected chi connectivity index (χ3v) is 1.88. The predicted molar refractivity (Wildman–Crippen MR) is 47.7 cm³/mol. The van der Waals surface area contributed by atoms with Crippen LogP contribution in [0.15, 0.2) is 16.6 Å². The fourth-order valence-electron chi connectivity index (χ4n) is 1.24. The van der Waals surface area contributed by atoms with E-state index < -0.39 is 0 Å². The summed E-state index contributed by atoms with van der Waals surface area (Å²) in [5.41, 5.74) is 6.84. The van der Waals surface area contributed by atoms with E-state index in [0.29, 0.717) is 11.9 Å². The van der Waals surface area contributed by atoms with E-state index in [2.05, 4.69) is 23.3 Å². The number of amidine groups is 1. The lowest BCUT2D eigenvalue weighted by atomic mass is 10.0. The highest BCUT2D eigenvalue weighted by Gasteiger charge is 2.10. The van der Waals surface area contributed by atoms with E-state index >= 15 is 0 Å². The molecular formula is C8H15N3. The Balaban J connectivity index is 2.71. The molecule has 3 heteroatoms. The van der Waals surface area contributed by atoms with Gasteiger partial charge in [0.15, 0.2) is 0 Å². The average molecular weight is 153 g/mol. The zero-order valence-corrected chi connectivity index (χ0v) is 7.09. The molecule has 1 heterocycles. The summed E-state index contributed by atoms with van der Waals surface area (Å²) < 4.78 is 0. The van der Waals surface area contributed by atoms with Gasteiger partial charge in [0.05, 0.1) is 0 Å². The first-order valence-corrected chi connectivity index (χ1v) is 3.90. The molecule has 3 N–H and O–H groups in total. The van der Waals surface area contributed by atoms with E-state index in [4.69, 9.17) is 5.73 Å². The van der Waals surface area contributed by atoms with Crippen molar-refractivity contribution in [3.05, 3.63) is 11.6 Å². The van der Waals surface area contributed by atoms with Crippen LogP contribution >= 0.6 is 0 Å². The fourth-order valence-corrected chi connectivity index (χ4v) is 1.24. The first kappa shape index (κ1) is 8.27. The maximum atomic E-state index is 5.66. The Labute approximate surface area is 67.4 Å². The molecule has 0 fully saturated rings. The van der Waals surface area contributed by atoms with Crippen molar-refractivity contribution in [3.8, 4) is 0 Å². The van der Waals surface area contributed by atoms with Crippen LogP contribution in [0.5, 0.6) is 0 Å². The predicted octanol–water partition coefficient (Wildman–Crippen LogP) is 0.282. The molecule has 1 unspecified atom stereocenters. The van der Waals surface area contributed by atoms with Gasteiger partial charge in [-0.25, -0.2) is 0 Å². The minimum atomic E-state index is 0.430. The molecule has 0 bridgehead atoms. The van der Waals surface area contributed by atoms with Crippen LogP contribution in [0.3, 0.4) is 0 Å². The van der Waals surface area contributed by atoms with Crippen LogP contribution in [0.2, 0.25) is 0 Å². The topological polar surface area (TPSA) is 50.4 Å². The average Bonchev–Trinajstić information content (AvgIpc) is 2.03. The molecule has 0 aromatic carbocycles. The van der Waals surface area contributed by atoms with Gasteiger partial charge >= 0.3 is 0 Å². The molecule has 0 amide bonds. The second kappa shape index (κ2) is 3.53. The van der Waals surface area contributed by atoms with E-state index in [1.165, 1.54) is 5.57 Å².